The van der Waals surface area contributed by atoms with E-state index in [1.165, 1.54) is 0 Å². The molecule has 2 amide bonds. The van der Waals surface area contributed by atoms with Crippen LogP contribution in [0, 0.1) is 11.8 Å². The molecule has 0 aromatic heterocycles. The standard InChI is InChI=1S/C12H24N2O3/c1-8(2)7-10(16)14-11(9(3)4)12(17)13-5-6-15/h8-9,11,15H,5-7H2,1-4H3,(H,13,17)(H,14,16). The maximum Gasteiger partial charge on any atom is 0.242 e. The molecule has 0 saturated heterocycles. The lowest BCUT2D eigenvalue weighted by molar-refractivity contribution is -0.130. The molecular formula is C12H24N2O3. The van der Waals surface area contributed by atoms with Gasteiger partial charge in [0.1, 0.15) is 6.04 Å². The van der Waals surface area contributed by atoms with Crippen LogP contribution in [0.25, 0.3) is 0 Å². The van der Waals surface area contributed by atoms with Crippen LogP contribution in [0.15, 0.2) is 0 Å². The number of aliphatic hydroxyl groups is 1. The second-order valence-corrected chi connectivity index (χ2v) is 4.90. The van der Waals surface area contributed by atoms with Crippen LogP contribution in [0.4, 0.5) is 0 Å². The second-order valence-electron chi connectivity index (χ2n) is 4.90. The minimum absolute atomic E-state index is 0.0183. The normalized spacial score (nSPS) is 12.6. The fraction of sp³-hybridized carbons (Fsp3) is 0.833. The molecule has 1 unspecified atom stereocenters. The van der Waals surface area contributed by atoms with Crippen molar-refractivity contribution in [2.24, 2.45) is 11.8 Å². The number of carbonyl (C=O) groups is 2. The predicted molar refractivity (Wildman–Crippen MR) is 66.3 cm³/mol. The zero-order valence-corrected chi connectivity index (χ0v) is 11.1. The van der Waals surface area contributed by atoms with Crippen LogP contribution in [0.3, 0.4) is 0 Å². The van der Waals surface area contributed by atoms with Crippen molar-refractivity contribution in [3.63, 3.8) is 0 Å². The molecular weight excluding hydrogens is 220 g/mol. The third kappa shape index (κ3) is 6.94. The van der Waals surface area contributed by atoms with Gasteiger partial charge in [0.05, 0.1) is 6.61 Å². The van der Waals surface area contributed by atoms with Gasteiger partial charge in [-0.15, -0.1) is 0 Å². The summed E-state index contributed by atoms with van der Waals surface area (Å²) in [6.07, 6.45) is 0.413. The lowest BCUT2D eigenvalue weighted by Crippen LogP contribution is -2.50. The molecule has 0 heterocycles. The molecule has 0 aliphatic heterocycles. The van der Waals surface area contributed by atoms with E-state index in [0.717, 1.165) is 0 Å². The zero-order valence-electron chi connectivity index (χ0n) is 11.1. The smallest absolute Gasteiger partial charge is 0.242 e. The minimum Gasteiger partial charge on any atom is -0.395 e. The molecule has 0 aromatic rings. The Kier molecular flexibility index (Phi) is 7.54. The van der Waals surface area contributed by atoms with Crippen molar-refractivity contribution < 1.29 is 14.7 Å². The van der Waals surface area contributed by atoms with Crippen molar-refractivity contribution in [1.82, 2.24) is 10.6 Å². The van der Waals surface area contributed by atoms with Crippen molar-refractivity contribution in [2.75, 3.05) is 13.2 Å². The summed E-state index contributed by atoms with van der Waals surface area (Å²) in [6, 6.07) is -0.534. The van der Waals surface area contributed by atoms with Crippen LogP contribution in [-0.2, 0) is 9.59 Å². The van der Waals surface area contributed by atoms with Crippen LogP contribution >= 0.6 is 0 Å². The Morgan fingerprint density at radius 1 is 1.18 bits per heavy atom. The van der Waals surface area contributed by atoms with Crippen LogP contribution in [0.2, 0.25) is 0 Å². The molecule has 1 atom stereocenters. The monoisotopic (exact) mass is 244 g/mol. The zero-order chi connectivity index (χ0) is 13.4. The van der Waals surface area contributed by atoms with Gasteiger partial charge in [0, 0.05) is 13.0 Å². The maximum atomic E-state index is 11.7. The summed E-state index contributed by atoms with van der Waals surface area (Å²) in [5, 5.41) is 13.9. The van der Waals surface area contributed by atoms with E-state index < -0.39 is 6.04 Å². The molecule has 0 saturated carbocycles. The summed E-state index contributed by atoms with van der Waals surface area (Å²) in [6.45, 7) is 7.77. The van der Waals surface area contributed by atoms with E-state index >= 15 is 0 Å². The molecule has 0 aliphatic carbocycles. The molecule has 0 radical (unpaired) electrons. The number of rotatable bonds is 7. The largest absolute Gasteiger partial charge is 0.395 e. The summed E-state index contributed by atoms with van der Waals surface area (Å²) in [7, 11) is 0. The molecule has 0 bridgehead atoms. The average molecular weight is 244 g/mol. The first-order valence-electron chi connectivity index (χ1n) is 6.06. The molecule has 5 nitrogen and oxygen atoms in total. The van der Waals surface area contributed by atoms with Crippen molar-refractivity contribution in [3.8, 4) is 0 Å². The highest BCUT2D eigenvalue weighted by molar-refractivity contribution is 5.87. The van der Waals surface area contributed by atoms with E-state index in [9.17, 15) is 9.59 Å². The fourth-order valence-electron chi connectivity index (χ4n) is 1.43. The van der Waals surface area contributed by atoms with E-state index in [1.54, 1.807) is 0 Å². The molecule has 0 aromatic carbocycles. The SMILES string of the molecule is CC(C)CC(=O)NC(C(=O)NCCO)C(C)C. The molecule has 0 fully saturated rings. The Balaban J connectivity index is 4.33. The summed E-state index contributed by atoms with van der Waals surface area (Å²) >= 11 is 0. The van der Waals surface area contributed by atoms with Crippen LogP contribution in [0.1, 0.15) is 34.1 Å². The summed E-state index contributed by atoms with van der Waals surface area (Å²) in [4.78, 5) is 23.3. The first-order valence-corrected chi connectivity index (χ1v) is 6.06. The van der Waals surface area contributed by atoms with E-state index in [4.69, 9.17) is 5.11 Å². The lowest BCUT2D eigenvalue weighted by atomic mass is 10.0. The average Bonchev–Trinajstić information content (AvgIpc) is 2.21. The van der Waals surface area contributed by atoms with Crippen molar-refractivity contribution in [3.05, 3.63) is 0 Å². The Morgan fingerprint density at radius 3 is 2.18 bits per heavy atom. The number of hydrogen-bond donors (Lipinski definition) is 3. The molecule has 17 heavy (non-hydrogen) atoms. The maximum absolute atomic E-state index is 11.7. The van der Waals surface area contributed by atoms with Crippen LogP contribution < -0.4 is 10.6 Å². The van der Waals surface area contributed by atoms with Crippen LogP contribution in [-0.4, -0.2) is 36.1 Å². The first kappa shape index (κ1) is 15.9. The summed E-state index contributed by atoms with van der Waals surface area (Å²) in [5.74, 6) is -0.0721. The van der Waals surface area contributed by atoms with Crippen molar-refractivity contribution in [2.45, 2.75) is 40.2 Å². The molecule has 3 N–H and O–H groups in total. The van der Waals surface area contributed by atoms with Gasteiger partial charge < -0.3 is 15.7 Å². The number of hydrogen-bond acceptors (Lipinski definition) is 3. The Bertz CT molecular complexity index is 252. The van der Waals surface area contributed by atoms with Gasteiger partial charge in [-0.25, -0.2) is 0 Å². The van der Waals surface area contributed by atoms with E-state index in [1.807, 2.05) is 27.7 Å². The predicted octanol–water partition coefficient (Wildman–Crippen LogP) is 0.282. The van der Waals surface area contributed by atoms with Gasteiger partial charge in [-0.1, -0.05) is 27.7 Å². The van der Waals surface area contributed by atoms with Gasteiger partial charge in [-0.3, -0.25) is 9.59 Å². The minimum atomic E-state index is -0.534. The Morgan fingerprint density at radius 2 is 1.76 bits per heavy atom. The van der Waals surface area contributed by atoms with Crippen molar-refractivity contribution in [1.29, 1.82) is 0 Å². The Hall–Kier alpha value is -1.10. The number of amides is 2. The highest BCUT2D eigenvalue weighted by atomic mass is 16.3. The third-order valence-electron chi connectivity index (χ3n) is 2.27. The second kappa shape index (κ2) is 8.06. The quantitative estimate of drug-likeness (QED) is 0.602. The highest BCUT2D eigenvalue weighted by Crippen LogP contribution is 2.04. The number of aliphatic hydroxyl groups excluding tert-OH is 1. The van der Waals surface area contributed by atoms with Gasteiger partial charge in [0.2, 0.25) is 11.8 Å². The molecule has 0 rings (SSSR count). The van der Waals surface area contributed by atoms with Gasteiger partial charge in [-0.2, -0.15) is 0 Å². The molecule has 5 heteroatoms. The fourth-order valence-corrected chi connectivity index (χ4v) is 1.43. The number of carbonyl (C=O) groups excluding carboxylic acids is 2. The van der Waals surface area contributed by atoms with Gasteiger partial charge >= 0.3 is 0 Å². The molecule has 0 spiro atoms. The van der Waals surface area contributed by atoms with E-state index in [-0.39, 0.29) is 36.8 Å². The number of nitrogens with one attached hydrogen (secondary N) is 2. The van der Waals surface area contributed by atoms with E-state index in [0.29, 0.717) is 6.42 Å². The van der Waals surface area contributed by atoms with Crippen LogP contribution in [0.5, 0.6) is 0 Å². The van der Waals surface area contributed by atoms with Crippen molar-refractivity contribution >= 4 is 11.8 Å². The highest BCUT2D eigenvalue weighted by Gasteiger charge is 2.23. The summed E-state index contributed by atoms with van der Waals surface area (Å²) in [5.41, 5.74) is 0. The molecule has 0 aliphatic rings. The Labute approximate surface area is 103 Å². The van der Waals surface area contributed by atoms with E-state index in [2.05, 4.69) is 10.6 Å². The topological polar surface area (TPSA) is 78.4 Å². The van der Waals surface area contributed by atoms with Gasteiger partial charge in [0.25, 0.3) is 0 Å². The lowest BCUT2D eigenvalue weighted by Gasteiger charge is -2.22. The third-order valence-corrected chi connectivity index (χ3v) is 2.27. The van der Waals surface area contributed by atoms with Gasteiger partial charge in [-0.05, 0) is 11.8 Å². The van der Waals surface area contributed by atoms with Gasteiger partial charge in [0.15, 0.2) is 0 Å². The molecule has 100 valence electrons. The summed E-state index contributed by atoms with van der Waals surface area (Å²) < 4.78 is 0. The first-order chi connectivity index (χ1) is 7.88.